The molecule has 24 valence electrons. The van der Waals surface area contributed by atoms with Crippen LogP contribution in [0.3, 0.4) is 0 Å². The molecular weight excluding hydrogens is 72.1 g/mol. The molecule has 0 saturated carbocycles. The predicted octanol–water partition coefficient (Wildman–Crippen LogP) is 1.03. The first-order valence-electron chi connectivity index (χ1n) is 0.971. The Morgan fingerprint density at radius 3 is 2.25 bits per heavy atom. The van der Waals surface area contributed by atoms with E-state index in [0.29, 0.717) is 5.75 Å². The lowest BCUT2D eigenvalue weighted by Crippen LogP contribution is -1.54. The maximum atomic E-state index is 7.73. The molecule has 0 atom stereocenters. The monoisotopic (exact) mass is 77.0 g/mol. The standard InChI is InChI=1S/C2H4OS/c1-2-4-3/h1-2H2/p+1. The Hall–Kier alpha value is 0.180. The van der Waals surface area contributed by atoms with Crippen LogP contribution in [0.15, 0.2) is 0 Å². The Balaban J connectivity index is 1.97. The Labute approximate surface area is 30.2 Å². The van der Waals surface area contributed by atoms with Crippen molar-refractivity contribution in [3.05, 3.63) is 6.92 Å². The summed E-state index contributed by atoms with van der Waals surface area (Å²) in [6, 6.07) is 0. The molecule has 0 saturated heterocycles. The van der Waals surface area contributed by atoms with E-state index in [4.69, 9.17) is 4.55 Å². The van der Waals surface area contributed by atoms with Crippen LogP contribution in [-0.4, -0.2) is 10.3 Å². The van der Waals surface area contributed by atoms with Crippen molar-refractivity contribution in [1.82, 2.24) is 0 Å². The van der Waals surface area contributed by atoms with E-state index in [-0.39, 0.29) is 0 Å². The molecule has 1 nitrogen and oxygen atoms in total. The molecule has 0 aliphatic carbocycles. The molecule has 0 rings (SSSR count). The van der Waals surface area contributed by atoms with Gasteiger partial charge in [0.25, 0.3) is 0 Å². The second-order valence-electron chi connectivity index (χ2n) is 0.333. The molecule has 0 aliphatic rings. The Morgan fingerprint density at radius 2 is 2.25 bits per heavy atom. The molecule has 2 heteroatoms. The van der Waals surface area contributed by atoms with Crippen molar-refractivity contribution in [3.8, 4) is 0 Å². The first-order chi connectivity index (χ1) is 1.91. The van der Waals surface area contributed by atoms with E-state index in [9.17, 15) is 0 Å². The van der Waals surface area contributed by atoms with Gasteiger partial charge in [-0.3, -0.25) is 0 Å². The lowest BCUT2D eigenvalue weighted by atomic mass is 11.0. The minimum atomic E-state index is 0.542. The Morgan fingerprint density at radius 1 is 2.00 bits per heavy atom. The van der Waals surface area contributed by atoms with Crippen LogP contribution in [-0.2, 0) is 0 Å². The number of rotatable bonds is 1. The highest BCUT2D eigenvalue weighted by Gasteiger charge is 1.67. The van der Waals surface area contributed by atoms with E-state index >= 15 is 0 Å². The van der Waals surface area contributed by atoms with Crippen LogP contribution in [0.1, 0.15) is 0 Å². The predicted molar refractivity (Wildman–Crippen MR) is 20.4 cm³/mol. The zero-order chi connectivity index (χ0) is 3.41. The second-order valence-corrected chi connectivity index (χ2v) is 1.000. The maximum Gasteiger partial charge on any atom is 0.155 e. The summed E-state index contributed by atoms with van der Waals surface area (Å²) in [5.74, 6) is 0.542. The summed E-state index contributed by atoms with van der Waals surface area (Å²) in [5.41, 5.74) is 0. The van der Waals surface area contributed by atoms with Crippen molar-refractivity contribution >= 4 is 12.0 Å². The summed E-state index contributed by atoms with van der Waals surface area (Å²) in [6.45, 7) is 3.32. The fourth-order valence-corrected chi connectivity index (χ4v) is 0. The van der Waals surface area contributed by atoms with Crippen LogP contribution < -0.4 is 0 Å². The van der Waals surface area contributed by atoms with Gasteiger partial charge in [0.2, 0.25) is 0 Å². The van der Waals surface area contributed by atoms with Gasteiger partial charge in [0, 0.05) is 12.0 Å². The summed E-state index contributed by atoms with van der Waals surface area (Å²) in [4.78, 5) is 0. The smallest absolute Gasteiger partial charge is 0.155 e. The van der Waals surface area contributed by atoms with Gasteiger partial charge in [0.15, 0.2) is 5.75 Å². The molecular formula is C2H5OS+. The molecule has 4 heavy (non-hydrogen) atoms. The zero-order valence-corrected chi connectivity index (χ0v) is 3.09. The van der Waals surface area contributed by atoms with Gasteiger partial charge in [-0.05, 0) is 0 Å². The summed E-state index contributed by atoms with van der Waals surface area (Å²) in [6.07, 6.45) is 0. The fraction of sp³-hybridized carbons (Fsp3) is 0.500. The molecule has 0 heterocycles. The van der Waals surface area contributed by atoms with E-state index in [1.807, 2.05) is 0 Å². The van der Waals surface area contributed by atoms with Gasteiger partial charge >= 0.3 is 0 Å². The van der Waals surface area contributed by atoms with Crippen LogP contribution in [0.2, 0.25) is 0 Å². The van der Waals surface area contributed by atoms with Gasteiger partial charge in [-0.1, -0.05) is 0 Å². The molecule has 0 aromatic rings. The molecule has 0 aromatic heterocycles. The second kappa shape index (κ2) is 3.18. The summed E-state index contributed by atoms with van der Waals surface area (Å²) >= 11 is 0.745. The highest BCUT2D eigenvalue weighted by atomic mass is 32.2. The first-order valence-corrected chi connectivity index (χ1v) is 1.91. The number of hydrogen-bond acceptors (Lipinski definition) is 2. The molecule has 1 N–H and O–H groups in total. The van der Waals surface area contributed by atoms with Crippen LogP contribution in [0.25, 0.3) is 0 Å². The third-order valence-corrected chi connectivity index (χ3v) is 0.274. The van der Waals surface area contributed by atoms with Crippen molar-refractivity contribution in [1.29, 1.82) is 0 Å². The van der Waals surface area contributed by atoms with Crippen molar-refractivity contribution in [2.24, 2.45) is 0 Å². The molecule has 0 aromatic carbocycles. The lowest BCUT2D eigenvalue weighted by Gasteiger charge is -1.60. The highest BCUT2D eigenvalue weighted by Crippen LogP contribution is 1.82. The highest BCUT2D eigenvalue weighted by molar-refractivity contribution is 7.93. The van der Waals surface area contributed by atoms with E-state index in [2.05, 4.69) is 6.92 Å². The topological polar surface area (TPSA) is 20.2 Å². The third kappa shape index (κ3) is 2.18. The fourth-order valence-electron chi connectivity index (χ4n) is 0. The van der Waals surface area contributed by atoms with Crippen LogP contribution in [0.4, 0.5) is 0 Å². The Bertz CT molecular complexity index is 8.00. The van der Waals surface area contributed by atoms with Gasteiger partial charge in [-0.2, -0.15) is 0 Å². The minimum absolute atomic E-state index is 0.542. The van der Waals surface area contributed by atoms with Gasteiger partial charge in [-0.25, -0.2) is 0 Å². The quantitative estimate of drug-likeness (QED) is 0.372. The first kappa shape index (κ1) is 4.18. The maximum absolute atomic E-state index is 7.73. The van der Waals surface area contributed by atoms with Crippen LogP contribution in [0, 0.1) is 6.92 Å². The Kier molecular flexibility index (Phi) is 3.32. The molecule has 0 fully saturated rings. The average Bonchev–Trinajstić information content (AvgIpc) is 1.37. The molecule has 0 spiro atoms. The van der Waals surface area contributed by atoms with Gasteiger partial charge < -0.3 is 4.55 Å². The minimum Gasteiger partial charge on any atom is -0.327 e. The van der Waals surface area contributed by atoms with E-state index < -0.39 is 0 Å². The average molecular weight is 77.1 g/mol. The summed E-state index contributed by atoms with van der Waals surface area (Å²) < 4.78 is 7.73. The van der Waals surface area contributed by atoms with Gasteiger partial charge in [0.1, 0.15) is 0 Å². The summed E-state index contributed by atoms with van der Waals surface area (Å²) in [5, 5.41) is 0. The van der Waals surface area contributed by atoms with Crippen LogP contribution >= 0.6 is 12.0 Å². The lowest BCUT2D eigenvalue weighted by molar-refractivity contribution is 0.666. The molecule has 0 amide bonds. The van der Waals surface area contributed by atoms with E-state index in [0.717, 1.165) is 12.0 Å². The van der Waals surface area contributed by atoms with Gasteiger partial charge in [0.05, 0.1) is 6.92 Å². The third-order valence-electron chi connectivity index (χ3n) is 0.0913. The molecule has 0 bridgehead atoms. The molecule has 0 unspecified atom stereocenters. The van der Waals surface area contributed by atoms with Crippen molar-refractivity contribution in [2.45, 2.75) is 0 Å². The number of hydrogen-bond donors (Lipinski definition) is 1. The van der Waals surface area contributed by atoms with Crippen LogP contribution in [0.5, 0.6) is 0 Å². The van der Waals surface area contributed by atoms with Gasteiger partial charge in [-0.15, -0.1) is 0 Å². The summed E-state index contributed by atoms with van der Waals surface area (Å²) in [7, 11) is 0. The van der Waals surface area contributed by atoms with Crippen molar-refractivity contribution < 1.29 is 4.55 Å². The molecule has 0 aliphatic heterocycles. The van der Waals surface area contributed by atoms with Crippen molar-refractivity contribution in [2.75, 3.05) is 5.75 Å². The van der Waals surface area contributed by atoms with Crippen molar-refractivity contribution in [3.63, 3.8) is 0 Å². The van der Waals surface area contributed by atoms with E-state index in [1.165, 1.54) is 0 Å². The normalized spacial score (nSPS) is 7.25. The largest absolute Gasteiger partial charge is 0.327 e. The molecule has 0 radical (unpaired) electrons. The SMILES string of the molecule is [CH2+]CSO. The zero-order valence-electron chi connectivity index (χ0n) is 2.27. The van der Waals surface area contributed by atoms with E-state index in [1.54, 1.807) is 0 Å².